The van der Waals surface area contributed by atoms with Gasteiger partial charge in [-0.3, -0.25) is 0 Å². The molecule has 0 aliphatic heterocycles. The van der Waals surface area contributed by atoms with Crippen LogP contribution >= 0.6 is 0 Å². The van der Waals surface area contributed by atoms with E-state index >= 15 is 0 Å². The zero-order valence-electron chi connectivity index (χ0n) is 11.4. The Bertz CT molecular complexity index is 566. The number of aryl methyl sites for hydroxylation is 1. The van der Waals surface area contributed by atoms with Crippen LogP contribution in [0.2, 0.25) is 0 Å². The number of benzene rings is 1. The van der Waals surface area contributed by atoms with Crippen molar-refractivity contribution in [3.63, 3.8) is 0 Å². The van der Waals surface area contributed by atoms with Gasteiger partial charge in [-0.05, 0) is 44.0 Å². The third kappa shape index (κ3) is 2.81. The van der Waals surface area contributed by atoms with Gasteiger partial charge in [-0.1, -0.05) is 12.1 Å². The summed E-state index contributed by atoms with van der Waals surface area (Å²) < 4.78 is 18.4. The average Bonchev–Trinajstić information content (AvgIpc) is 2.78. The van der Waals surface area contributed by atoms with Crippen LogP contribution < -0.4 is 5.73 Å². The minimum Gasteiger partial charge on any atom is -0.339 e. The van der Waals surface area contributed by atoms with Crippen LogP contribution in [0, 0.1) is 12.7 Å². The normalized spacial score (nSPS) is 14.4. The first-order chi connectivity index (χ1) is 9.02. The van der Waals surface area contributed by atoms with E-state index in [0.717, 1.165) is 17.5 Å². The molecular weight excluding hydrogens is 245 g/mol. The molecule has 0 aliphatic rings. The molecule has 1 heterocycles. The van der Waals surface area contributed by atoms with Crippen LogP contribution in [0.25, 0.3) is 11.4 Å². The van der Waals surface area contributed by atoms with Gasteiger partial charge in [0.05, 0.1) is 5.92 Å². The molecule has 0 radical (unpaired) electrons. The summed E-state index contributed by atoms with van der Waals surface area (Å²) in [4.78, 5) is 4.38. The van der Waals surface area contributed by atoms with Gasteiger partial charge < -0.3 is 10.3 Å². The molecule has 1 aromatic heterocycles. The first kappa shape index (κ1) is 13.7. The van der Waals surface area contributed by atoms with Gasteiger partial charge in [0, 0.05) is 11.6 Å². The minimum atomic E-state index is -0.271. The fourth-order valence-corrected chi connectivity index (χ4v) is 2.14. The molecule has 4 nitrogen and oxygen atoms in total. The van der Waals surface area contributed by atoms with Crippen molar-refractivity contribution in [2.45, 2.75) is 39.2 Å². The van der Waals surface area contributed by atoms with Crippen molar-refractivity contribution in [3.05, 3.63) is 35.5 Å². The molecule has 2 unspecified atom stereocenters. The highest BCUT2D eigenvalue weighted by Crippen LogP contribution is 2.25. The molecule has 0 aliphatic carbocycles. The predicted molar refractivity (Wildman–Crippen MR) is 71.1 cm³/mol. The summed E-state index contributed by atoms with van der Waals surface area (Å²) in [7, 11) is 0. The quantitative estimate of drug-likeness (QED) is 0.920. The van der Waals surface area contributed by atoms with Crippen LogP contribution in [0.4, 0.5) is 4.39 Å². The van der Waals surface area contributed by atoms with Gasteiger partial charge in [-0.15, -0.1) is 0 Å². The Labute approximate surface area is 111 Å². The number of hydrogen-bond acceptors (Lipinski definition) is 4. The lowest BCUT2D eigenvalue weighted by atomic mass is 9.99. The van der Waals surface area contributed by atoms with Gasteiger partial charge in [0.25, 0.3) is 0 Å². The lowest BCUT2D eigenvalue weighted by Gasteiger charge is -2.13. The first-order valence-corrected chi connectivity index (χ1v) is 6.38. The van der Waals surface area contributed by atoms with Crippen molar-refractivity contribution in [2.75, 3.05) is 0 Å². The fraction of sp³-hybridized carbons (Fsp3) is 0.429. The third-order valence-corrected chi connectivity index (χ3v) is 3.26. The summed E-state index contributed by atoms with van der Waals surface area (Å²) in [6, 6.07) is 4.45. The summed E-state index contributed by atoms with van der Waals surface area (Å²) in [6.07, 6.45) is 0.835. The van der Waals surface area contributed by atoms with Gasteiger partial charge in [0.15, 0.2) is 0 Å². The maximum atomic E-state index is 13.1. The molecule has 1 aromatic carbocycles. The zero-order valence-corrected chi connectivity index (χ0v) is 11.4. The van der Waals surface area contributed by atoms with Crippen LogP contribution in [-0.4, -0.2) is 16.2 Å². The topological polar surface area (TPSA) is 64.9 Å². The van der Waals surface area contributed by atoms with Crippen LogP contribution in [0.5, 0.6) is 0 Å². The van der Waals surface area contributed by atoms with Crippen molar-refractivity contribution >= 4 is 0 Å². The van der Waals surface area contributed by atoms with Crippen molar-refractivity contribution in [2.24, 2.45) is 5.73 Å². The Morgan fingerprint density at radius 1 is 1.42 bits per heavy atom. The Morgan fingerprint density at radius 2 is 2.16 bits per heavy atom. The summed E-state index contributed by atoms with van der Waals surface area (Å²) in [5.74, 6) is 0.789. The Hall–Kier alpha value is -1.75. The second-order valence-electron chi connectivity index (χ2n) is 4.79. The fourth-order valence-electron chi connectivity index (χ4n) is 2.14. The molecule has 0 bridgehead atoms. The molecule has 0 amide bonds. The SMILES string of the molecule is CCC(c1nc(-c2ccc(F)cc2C)no1)C(C)N. The maximum absolute atomic E-state index is 13.1. The van der Waals surface area contributed by atoms with Crippen molar-refractivity contribution < 1.29 is 8.91 Å². The highest BCUT2D eigenvalue weighted by molar-refractivity contribution is 5.59. The average molecular weight is 263 g/mol. The van der Waals surface area contributed by atoms with E-state index in [1.165, 1.54) is 12.1 Å². The summed E-state index contributed by atoms with van der Waals surface area (Å²) in [5, 5.41) is 3.96. The first-order valence-electron chi connectivity index (χ1n) is 6.38. The number of hydrogen-bond donors (Lipinski definition) is 1. The predicted octanol–water partition coefficient (Wildman–Crippen LogP) is 3.02. The van der Waals surface area contributed by atoms with Crippen molar-refractivity contribution in [1.82, 2.24) is 10.1 Å². The van der Waals surface area contributed by atoms with E-state index in [0.29, 0.717) is 11.7 Å². The van der Waals surface area contributed by atoms with E-state index in [4.69, 9.17) is 10.3 Å². The van der Waals surface area contributed by atoms with Crippen LogP contribution in [-0.2, 0) is 0 Å². The number of nitrogens with two attached hydrogens (primary N) is 1. The summed E-state index contributed by atoms with van der Waals surface area (Å²) >= 11 is 0. The number of aromatic nitrogens is 2. The zero-order chi connectivity index (χ0) is 14.0. The largest absolute Gasteiger partial charge is 0.339 e. The van der Waals surface area contributed by atoms with Gasteiger partial charge in [-0.25, -0.2) is 4.39 Å². The molecule has 2 N–H and O–H groups in total. The number of nitrogens with zero attached hydrogens (tertiary/aromatic N) is 2. The molecular formula is C14H18FN3O. The van der Waals surface area contributed by atoms with Crippen LogP contribution in [0.1, 0.15) is 37.6 Å². The Balaban J connectivity index is 2.35. The van der Waals surface area contributed by atoms with E-state index in [2.05, 4.69) is 10.1 Å². The number of rotatable bonds is 4. The molecule has 2 rings (SSSR count). The second kappa shape index (κ2) is 5.48. The van der Waals surface area contributed by atoms with E-state index in [1.54, 1.807) is 6.07 Å². The highest BCUT2D eigenvalue weighted by atomic mass is 19.1. The molecule has 0 spiro atoms. The van der Waals surface area contributed by atoms with E-state index in [-0.39, 0.29) is 17.8 Å². The smallest absolute Gasteiger partial charge is 0.231 e. The van der Waals surface area contributed by atoms with E-state index < -0.39 is 0 Å². The lowest BCUT2D eigenvalue weighted by Crippen LogP contribution is -2.24. The maximum Gasteiger partial charge on any atom is 0.231 e. The monoisotopic (exact) mass is 263 g/mol. The van der Waals surface area contributed by atoms with Crippen molar-refractivity contribution in [3.8, 4) is 11.4 Å². The molecule has 5 heteroatoms. The third-order valence-electron chi connectivity index (χ3n) is 3.26. The number of halogens is 1. The lowest BCUT2D eigenvalue weighted by molar-refractivity contribution is 0.334. The van der Waals surface area contributed by atoms with Crippen molar-refractivity contribution in [1.29, 1.82) is 0 Å². The Morgan fingerprint density at radius 3 is 2.74 bits per heavy atom. The Kier molecular flexibility index (Phi) is 3.95. The molecule has 19 heavy (non-hydrogen) atoms. The van der Waals surface area contributed by atoms with Crippen LogP contribution in [0.15, 0.2) is 22.7 Å². The van der Waals surface area contributed by atoms with Gasteiger partial charge in [0.2, 0.25) is 11.7 Å². The van der Waals surface area contributed by atoms with Crippen LogP contribution in [0.3, 0.4) is 0 Å². The highest BCUT2D eigenvalue weighted by Gasteiger charge is 2.21. The minimum absolute atomic E-state index is 0.0435. The molecule has 0 saturated heterocycles. The van der Waals surface area contributed by atoms with E-state index in [1.807, 2.05) is 20.8 Å². The molecule has 102 valence electrons. The molecule has 2 aromatic rings. The van der Waals surface area contributed by atoms with Gasteiger partial charge in [0.1, 0.15) is 5.82 Å². The summed E-state index contributed by atoms with van der Waals surface area (Å²) in [6.45, 7) is 5.76. The molecule has 2 atom stereocenters. The summed E-state index contributed by atoms with van der Waals surface area (Å²) in [5.41, 5.74) is 7.45. The van der Waals surface area contributed by atoms with E-state index in [9.17, 15) is 4.39 Å². The van der Waals surface area contributed by atoms with Gasteiger partial charge >= 0.3 is 0 Å². The standard InChI is InChI=1S/C14H18FN3O/c1-4-11(9(3)16)14-17-13(18-19-14)12-6-5-10(15)7-8(12)2/h5-7,9,11H,4,16H2,1-3H3. The van der Waals surface area contributed by atoms with Gasteiger partial charge in [-0.2, -0.15) is 4.98 Å². The molecule has 0 saturated carbocycles. The second-order valence-corrected chi connectivity index (χ2v) is 4.79. The molecule has 0 fully saturated rings.